The van der Waals surface area contributed by atoms with E-state index in [0.717, 1.165) is 10.9 Å². The average Bonchev–Trinajstić information content (AvgIpc) is 3.23. The Morgan fingerprint density at radius 1 is 0.912 bits per heavy atom. The molecule has 34 heavy (non-hydrogen) atoms. The minimum atomic E-state index is -4.80. The molecule has 0 spiro atoms. The number of aromatic nitrogens is 2. The molecule has 10 heteroatoms. The summed E-state index contributed by atoms with van der Waals surface area (Å²) in [7, 11) is 0. The van der Waals surface area contributed by atoms with Crippen LogP contribution >= 0.6 is 0 Å². The number of para-hydroxylation sites is 1. The van der Waals surface area contributed by atoms with Gasteiger partial charge in [0.2, 0.25) is 0 Å². The van der Waals surface area contributed by atoms with Gasteiger partial charge in [-0.05, 0) is 57.2 Å². The molecule has 3 aromatic rings. The Labute approximate surface area is 194 Å². The van der Waals surface area contributed by atoms with Crippen LogP contribution in [0.15, 0.2) is 60.8 Å². The van der Waals surface area contributed by atoms with Gasteiger partial charge in [-0.15, -0.1) is 0 Å². The number of carbonyl (C=O) groups is 2. The first-order valence-corrected chi connectivity index (χ1v) is 10.5. The van der Waals surface area contributed by atoms with Crippen LogP contribution in [0.1, 0.15) is 47.2 Å². The van der Waals surface area contributed by atoms with Crippen molar-refractivity contribution in [3.05, 3.63) is 77.6 Å². The smallest absolute Gasteiger partial charge is 0.435 e. The molecule has 0 atom stereocenters. The van der Waals surface area contributed by atoms with E-state index in [2.05, 4.69) is 15.7 Å². The maximum Gasteiger partial charge on any atom is 0.435 e. The molecule has 0 radical (unpaired) electrons. The van der Waals surface area contributed by atoms with Crippen LogP contribution in [-0.2, 0) is 6.18 Å². The van der Waals surface area contributed by atoms with E-state index in [1.165, 1.54) is 0 Å². The third-order valence-corrected chi connectivity index (χ3v) is 4.48. The number of benzene rings is 2. The summed E-state index contributed by atoms with van der Waals surface area (Å²) < 4.78 is 47.0. The van der Waals surface area contributed by atoms with Gasteiger partial charge in [-0.2, -0.15) is 18.3 Å². The second-order valence-corrected chi connectivity index (χ2v) is 8.42. The topological polar surface area (TPSA) is 85.3 Å². The standard InChI is InChI=1S/C24H25F3N4O3/c1-23(2,3)34-18-11-9-16(10-12-18)21(32)28-13-14-29-22(33)19-15-31(17-7-5-4-6-8-17)30-20(19)24(25,26)27/h4-12,15H,13-14H2,1-3H3,(H,28,32)(H,29,33). The van der Waals surface area contributed by atoms with E-state index in [9.17, 15) is 22.8 Å². The number of hydrogen-bond acceptors (Lipinski definition) is 4. The summed E-state index contributed by atoms with van der Waals surface area (Å²) in [6.45, 7) is 5.69. The quantitative estimate of drug-likeness (QED) is 0.502. The van der Waals surface area contributed by atoms with E-state index in [-0.39, 0.29) is 24.6 Å². The SMILES string of the molecule is CC(C)(C)Oc1ccc(C(=O)NCCNC(=O)c2cn(-c3ccccc3)nc2C(F)(F)F)cc1. The van der Waals surface area contributed by atoms with Gasteiger partial charge in [0.1, 0.15) is 11.4 Å². The van der Waals surface area contributed by atoms with Crippen molar-refractivity contribution in [2.45, 2.75) is 32.5 Å². The zero-order chi connectivity index (χ0) is 24.9. The summed E-state index contributed by atoms with van der Waals surface area (Å²) in [5, 5.41) is 8.55. The molecular weight excluding hydrogens is 449 g/mol. The third-order valence-electron chi connectivity index (χ3n) is 4.48. The fourth-order valence-electron chi connectivity index (χ4n) is 3.04. The lowest BCUT2D eigenvalue weighted by molar-refractivity contribution is -0.141. The number of halogens is 3. The maximum absolute atomic E-state index is 13.4. The van der Waals surface area contributed by atoms with Crippen LogP contribution in [0.4, 0.5) is 13.2 Å². The second kappa shape index (κ2) is 9.98. The van der Waals surface area contributed by atoms with Crippen molar-refractivity contribution in [2.24, 2.45) is 0 Å². The lowest BCUT2D eigenvalue weighted by Crippen LogP contribution is -2.35. The number of alkyl halides is 3. The van der Waals surface area contributed by atoms with Crippen LogP contribution in [-0.4, -0.2) is 40.3 Å². The Bertz CT molecular complexity index is 1140. The van der Waals surface area contributed by atoms with Gasteiger partial charge in [0.05, 0.1) is 11.3 Å². The molecular formula is C24H25F3N4O3. The molecule has 3 rings (SSSR count). The highest BCUT2D eigenvalue weighted by Crippen LogP contribution is 2.31. The Balaban J connectivity index is 1.58. The highest BCUT2D eigenvalue weighted by Gasteiger charge is 2.39. The highest BCUT2D eigenvalue weighted by molar-refractivity contribution is 5.96. The summed E-state index contributed by atoms with van der Waals surface area (Å²) in [5.41, 5.74) is -1.48. The van der Waals surface area contributed by atoms with Crippen molar-refractivity contribution in [3.8, 4) is 11.4 Å². The van der Waals surface area contributed by atoms with E-state index in [0.29, 0.717) is 17.0 Å². The van der Waals surface area contributed by atoms with Crippen LogP contribution in [0.2, 0.25) is 0 Å². The molecule has 0 aliphatic rings. The average molecular weight is 474 g/mol. The largest absolute Gasteiger partial charge is 0.488 e. The third kappa shape index (κ3) is 6.60. The summed E-state index contributed by atoms with van der Waals surface area (Å²) in [6, 6.07) is 14.7. The number of hydrogen-bond donors (Lipinski definition) is 2. The Kier molecular flexibility index (Phi) is 7.29. The molecule has 0 aliphatic carbocycles. The second-order valence-electron chi connectivity index (χ2n) is 8.42. The monoisotopic (exact) mass is 474 g/mol. The molecule has 1 heterocycles. The van der Waals surface area contributed by atoms with Gasteiger partial charge in [-0.1, -0.05) is 18.2 Å². The predicted octanol–water partition coefficient (Wildman–Crippen LogP) is 4.23. The van der Waals surface area contributed by atoms with Gasteiger partial charge in [-0.25, -0.2) is 4.68 Å². The maximum atomic E-state index is 13.4. The van der Waals surface area contributed by atoms with Crippen molar-refractivity contribution >= 4 is 11.8 Å². The molecule has 2 amide bonds. The first kappa shape index (κ1) is 24.8. The van der Waals surface area contributed by atoms with E-state index in [4.69, 9.17) is 4.74 Å². The zero-order valence-electron chi connectivity index (χ0n) is 18.9. The molecule has 0 fully saturated rings. The first-order valence-electron chi connectivity index (χ1n) is 10.5. The molecule has 0 unspecified atom stereocenters. The molecule has 2 N–H and O–H groups in total. The number of ether oxygens (including phenoxy) is 1. The van der Waals surface area contributed by atoms with Gasteiger partial charge < -0.3 is 15.4 Å². The van der Waals surface area contributed by atoms with E-state index >= 15 is 0 Å². The van der Waals surface area contributed by atoms with E-state index in [1.54, 1.807) is 54.6 Å². The molecule has 7 nitrogen and oxygen atoms in total. The summed E-state index contributed by atoms with van der Waals surface area (Å²) in [4.78, 5) is 24.7. The fraction of sp³-hybridized carbons (Fsp3) is 0.292. The summed E-state index contributed by atoms with van der Waals surface area (Å²) >= 11 is 0. The highest BCUT2D eigenvalue weighted by atomic mass is 19.4. The number of amides is 2. The van der Waals surface area contributed by atoms with Crippen molar-refractivity contribution < 1.29 is 27.5 Å². The van der Waals surface area contributed by atoms with Gasteiger partial charge in [-0.3, -0.25) is 9.59 Å². The fourth-order valence-corrected chi connectivity index (χ4v) is 3.04. The van der Waals surface area contributed by atoms with Crippen LogP contribution in [0.5, 0.6) is 5.75 Å². The van der Waals surface area contributed by atoms with Crippen LogP contribution < -0.4 is 15.4 Å². The van der Waals surface area contributed by atoms with Crippen molar-refractivity contribution in [2.75, 3.05) is 13.1 Å². The molecule has 0 saturated heterocycles. The van der Waals surface area contributed by atoms with Crippen LogP contribution in [0.25, 0.3) is 5.69 Å². The Morgan fingerprint density at radius 2 is 1.50 bits per heavy atom. The first-order chi connectivity index (χ1) is 15.9. The lowest BCUT2D eigenvalue weighted by atomic mass is 10.1. The van der Waals surface area contributed by atoms with Gasteiger partial charge in [0.25, 0.3) is 11.8 Å². The molecule has 0 bridgehead atoms. The van der Waals surface area contributed by atoms with E-state index < -0.39 is 23.3 Å². The van der Waals surface area contributed by atoms with Crippen molar-refractivity contribution in [1.82, 2.24) is 20.4 Å². The molecule has 1 aromatic heterocycles. The number of carbonyl (C=O) groups excluding carboxylic acids is 2. The molecule has 0 saturated carbocycles. The Morgan fingerprint density at radius 3 is 2.06 bits per heavy atom. The van der Waals surface area contributed by atoms with Crippen LogP contribution in [0.3, 0.4) is 0 Å². The van der Waals surface area contributed by atoms with Crippen LogP contribution in [0, 0.1) is 0 Å². The lowest BCUT2D eigenvalue weighted by Gasteiger charge is -2.21. The summed E-state index contributed by atoms with van der Waals surface area (Å²) in [6.07, 6.45) is -3.77. The zero-order valence-corrected chi connectivity index (χ0v) is 18.9. The van der Waals surface area contributed by atoms with Gasteiger partial charge >= 0.3 is 6.18 Å². The molecule has 0 aliphatic heterocycles. The van der Waals surface area contributed by atoms with Crippen molar-refractivity contribution in [3.63, 3.8) is 0 Å². The Hall–Kier alpha value is -3.82. The van der Waals surface area contributed by atoms with Gasteiger partial charge in [0, 0.05) is 24.8 Å². The summed E-state index contributed by atoms with van der Waals surface area (Å²) in [5.74, 6) is -0.704. The number of nitrogens with zero attached hydrogens (tertiary/aromatic N) is 2. The minimum Gasteiger partial charge on any atom is -0.488 e. The van der Waals surface area contributed by atoms with Gasteiger partial charge in [0.15, 0.2) is 5.69 Å². The van der Waals surface area contributed by atoms with E-state index in [1.807, 2.05) is 20.8 Å². The van der Waals surface area contributed by atoms with Crippen molar-refractivity contribution in [1.29, 1.82) is 0 Å². The predicted molar refractivity (Wildman–Crippen MR) is 120 cm³/mol. The number of nitrogens with one attached hydrogen (secondary N) is 2. The molecule has 180 valence electrons. The minimum absolute atomic E-state index is 0.0268. The number of rotatable bonds is 7. The normalized spacial score (nSPS) is 11.7. The molecule has 2 aromatic carbocycles.